The van der Waals surface area contributed by atoms with Crippen molar-refractivity contribution in [2.24, 2.45) is 0 Å². The van der Waals surface area contributed by atoms with Crippen LogP contribution in [0.5, 0.6) is 0 Å². The van der Waals surface area contributed by atoms with E-state index in [1.807, 2.05) is 6.92 Å². The molecule has 0 spiro atoms. The average Bonchev–Trinajstić information content (AvgIpc) is 3.00. The molecule has 4 rings (SSSR count). The average molecular weight is 388 g/mol. The molecule has 0 unspecified atom stereocenters. The van der Waals surface area contributed by atoms with E-state index in [9.17, 15) is 19.1 Å². The summed E-state index contributed by atoms with van der Waals surface area (Å²) in [6.07, 6.45) is 1.51. The van der Waals surface area contributed by atoms with Crippen LogP contribution in [0, 0.1) is 12.7 Å². The van der Waals surface area contributed by atoms with Gasteiger partial charge in [-0.3, -0.25) is 14.5 Å². The van der Waals surface area contributed by atoms with Gasteiger partial charge in [0, 0.05) is 11.8 Å². The molecular weight excluding hydrogens is 371 g/mol. The highest BCUT2D eigenvalue weighted by Crippen LogP contribution is 2.41. The van der Waals surface area contributed by atoms with Gasteiger partial charge in [0.25, 0.3) is 5.78 Å². The number of ketones is 1. The Morgan fingerprint density at radius 1 is 1.00 bits per heavy atom. The molecule has 1 aromatic heterocycles. The molecular formula is C23H17FN2O3. The van der Waals surface area contributed by atoms with Gasteiger partial charge in [0.2, 0.25) is 0 Å². The third kappa shape index (κ3) is 3.29. The molecule has 29 heavy (non-hydrogen) atoms. The van der Waals surface area contributed by atoms with Crippen molar-refractivity contribution in [3.63, 3.8) is 0 Å². The number of pyridine rings is 1. The normalized spacial score (nSPS) is 18.3. The van der Waals surface area contributed by atoms with Gasteiger partial charge in [0.1, 0.15) is 17.4 Å². The highest BCUT2D eigenvalue weighted by atomic mass is 19.1. The monoisotopic (exact) mass is 388 g/mol. The zero-order chi connectivity index (χ0) is 20.5. The molecule has 1 aliphatic heterocycles. The van der Waals surface area contributed by atoms with Crippen LogP contribution < -0.4 is 4.90 Å². The van der Waals surface area contributed by atoms with E-state index < -0.39 is 23.5 Å². The number of aryl methyl sites for hydroxylation is 1. The maximum Gasteiger partial charge on any atom is 0.301 e. The maximum absolute atomic E-state index is 13.5. The Morgan fingerprint density at radius 3 is 2.31 bits per heavy atom. The van der Waals surface area contributed by atoms with E-state index in [0.717, 1.165) is 5.56 Å². The lowest BCUT2D eigenvalue weighted by Gasteiger charge is -2.24. The fraction of sp³-hybridized carbons (Fsp3) is 0.0870. The highest BCUT2D eigenvalue weighted by Gasteiger charge is 2.47. The Balaban J connectivity index is 1.94. The van der Waals surface area contributed by atoms with Crippen molar-refractivity contribution in [3.05, 3.63) is 101 Å². The number of halogens is 1. The number of carbonyl (C=O) groups is 2. The van der Waals surface area contributed by atoms with Gasteiger partial charge < -0.3 is 5.11 Å². The van der Waals surface area contributed by atoms with Crippen molar-refractivity contribution in [2.45, 2.75) is 13.0 Å². The number of anilines is 1. The molecule has 2 aromatic carbocycles. The fourth-order valence-corrected chi connectivity index (χ4v) is 3.39. The minimum Gasteiger partial charge on any atom is -0.507 e. The van der Waals surface area contributed by atoms with Crippen LogP contribution in [0.3, 0.4) is 0 Å². The predicted octanol–water partition coefficient (Wildman–Crippen LogP) is 4.16. The molecule has 6 heteroatoms. The maximum atomic E-state index is 13.5. The van der Waals surface area contributed by atoms with E-state index >= 15 is 0 Å². The van der Waals surface area contributed by atoms with E-state index in [1.165, 1.54) is 35.4 Å². The lowest BCUT2D eigenvalue weighted by molar-refractivity contribution is -0.132. The lowest BCUT2D eigenvalue weighted by Crippen LogP contribution is -2.30. The molecule has 0 bridgehead atoms. The smallest absolute Gasteiger partial charge is 0.301 e. The summed E-state index contributed by atoms with van der Waals surface area (Å²) in [6.45, 7) is 1.91. The first-order valence-corrected chi connectivity index (χ1v) is 9.02. The second-order valence-corrected chi connectivity index (χ2v) is 6.77. The Morgan fingerprint density at radius 2 is 1.69 bits per heavy atom. The van der Waals surface area contributed by atoms with Crippen LogP contribution in [0.1, 0.15) is 22.7 Å². The SMILES string of the molecule is Cc1ccc(C(O)=C2C(=O)C(=O)N(c3ccccn3)[C@@H]2c2ccc(F)cc2)cc1. The summed E-state index contributed by atoms with van der Waals surface area (Å²) in [4.78, 5) is 31.2. The zero-order valence-corrected chi connectivity index (χ0v) is 15.5. The van der Waals surface area contributed by atoms with Gasteiger partial charge in [0.15, 0.2) is 0 Å². The molecule has 0 aliphatic carbocycles. The van der Waals surface area contributed by atoms with Gasteiger partial charge in [0.05, 0.1) is 11.6 Å². The Kier molecular flexibility index (Phi) is 4.68. The van der Waals surface area contributed by atoms with Crippen molar-refractivity contribution in [2.75, 3.05) is 4.90 Å². The second-order valence-electron chi connectivity index (χ2n) is 6.77. The van der Waals surface area contributed by atoms with Crippen molar-refractivity contribution < 1.29 is 19.1 Å². The Labute approximate surface area is 166 Å². The van der Waals surface area contributed by atoms with E-state index in [-0.39, 0.29) is 17.2 Å². The number of hydrogen-bond donors (Lipinski definition) is 1. The predicted molar refractivity (Wildman–Crippen MR) is 107 cm³/mol. The summed E-state index contributed by atoms with van der Waals surface area (Å²) >= 11 is 0. The van der Waals surface area contributed by atoms with Crippen LogP contribution in [-0.4, -0.2) is 21.8 Å². The van der Waals surface area contributed by atoms with Crippen molar-refractivity contribution in [3.8, 4) is 0 Å². The number of nitrogens with zero attached hydrogens (tertiary/aromatic N) is 2. The van der Waals surface area contributed by atoms with E-state index in [2.05, 4.69) is 4.98 Å². The Hall–Kier alpha value is -3.80. The molecule has 1 amide bonds. The standard InChI is InChI=1S/C23H17FN2O3/c1-14-5-7-16(8-6-14)21(27)19-20(15-9-11-17(24)12-10-15)26(23(29)22(19)28)18-4-2-3-13-25-18/h2-13,20,27H,1H3/t20-/m1/s1. The minimum absolute atomic E-state index is 0.0592. The second kappa shape index (κ2) is 7.31. The molecule has 1 aliphatic rings. The van der Waals surface area contributed by atoms with Gasteiger partial charge in [-0.1, -0.05) is 48.0 Å². The first kappa shape index (κ1) is 18.6. The number of aliphatic hydroxyl groups is 1. The molecule has 3 aromatic rings. The molecule has 5 nitrogen and oxygen atoms in total. The molecule has 1 N–H and O–H groups in total. The number of benzene rings is 2. The van der Waals surface area contributed by atoms with Crippen LogP contribution in [0.15, 0.2) is 78.5 Å². The van der Waals surface area contributed by atoms with Gasteiger partial charge in [-0.2, -0.15) is 0 Å². The quantitative estimate of drug-likeness (QED) is 0.416. The number of aliphatic hydroxyl groups excluding tert-OH is 1. The largest absolute Gasteiger partial charge is 0.507 e. The molecule has 1 atom stereocenters. The summed E-state index contributed by atoms with van der Waals surface area (Å²) in [5, 5.41) is 10.9. The summed E-state index contributed by atoms with van der Waals surface area (Å²) in [7, 11) is 0. The van der Waals surface area contributed by atoms with Gasteiger partial charge in [-0.05, 0) is 36.8 Å². The van der Waals surface area contributed by atoms with Crippen molar-refractivity contribution in [1.82, 2.24) is 4.98 Å². The highest BCUT2D eigenvalue weighted by molar-refractivity contribution is 6.51. The first-order valence-electron chi connectivity index (χ1n) is 9.02. The number of hydrogen-bond acceptors (Lipinski definition) is 4. The summed E-state index contributed by atoms with van der Waals surface area (Å²) in [6, 6.07) is 16.5. The number of amides is 1. The number of aromatic nitrogens is 1. The van der Waals surface area contributed by atoms with Crippen LogP contribution >= 0.6 is 0 Å². The third-order valence-corrected chi connectivity index (χ3v) is 4.85. The van der Waals surface area contributed by atoms with Gasteiger partial charge in [-0.15, -0.1) is 0 Å². The van der Waals surface area contributed by atoms with Gasteiger partial charge in [-0.25, -0.2) is 9.37 Å². The van der Waals surface area contributed by atoms with E-state index in [1.54, 1.807) is 42.5 Å². The van der Waals surface area contributed by atoms with Gasteiger partial charge >= 0.3 is 5.91 Å². The first-order chi connectivity index (χ1) is 14.0. The summed E-state index contributed by atoms with van der Waals surface area (Å²) in [5.74, 6) is -2.07. The molecule has 1 saturated heterocycles. The van der Waals surface area contributed by atoms with Crippen LogP contribution in [0.4, 0.5) is 10.2 Å². The number of Topliss-reactive ketones (excluding diaryl/α,β-unsaturated/α-hetero) is 1. The van der Waals surface area contributed by atoms with Crippen molar-refractivity contribution in [1.29, 1.82) is 0 Å². The molecule has 0 saturated carbocycles. The molecule has 0 radical (unpaired) electrons. The number of rotatable bonds is 3. The topological polar surface area (TPSA) is 70.5 Å². The number of carbonyl (C=O) groups excluding carboxylic acids is 2. The lowest BCUT2D eigenvalue weighted by atomic mass is 9.95. The van der Waals surface area contributed by atoms with Crippen LogP contribution in [0.25, 0.3) is 5.76 Å². The molecule has 2 heterocycles. The summed E-state index contributed by atoms with van der Waals surface area (Å²) < 4.78 is 13.5. The Bertz CT molecular complexity index is 1110. The van der Waals surface area contributed by atoms with Crippen LogP contribution in [0.2, 0.25) is 0 Å². The van der Waals surface area contributed by atoms with Crippen molar-refractivity contribution >= 4 is 23.3 Å². The van der Waals surface area contributed by atoms with E-state index in [4.69, 9.17) is 0 Å². The third-order valence-electron chi connectivity index (χ3n) is 4.85. The van der Waals surface area contributed by atoms with Crippen LogP contribution in [-0.2, 0) is 9.59 Å². The summed E-state index contributed by atoms with van der Waals surface area (Å²) in [5.41, 5.74) is 1.84. The fourth-order valence-electron chi connectivity index (χ4n) is 3.39. The molecule has 1 fully saturated rings. The van der Waals surface area contributed by atoms with E-state index in [0.29, 0.717) is 11.1 Å². The minimum atomic E-state index is -0.924. The zero-order valence-electron chi connectivity index (χ0n) is 15.5. The molecule has 144 valence electrons.